The number of alkyl halides is 3. The lowest BCUT2D eigenvalue weighted by atomic mass is 10.1. The molecule has 3 rings (SSSR count). The van der Waals surface area contributed by atoms with Gasteiger partial charge >= 0.3 is 6.18 Å². The molecule has 0 radical (unpaired) electrons. The minimum absolute atomic E-state index is 0.0617. The number of hydrogen-bond acceptors (Lipinski definition) is 2. The second kappa shape index (κ2) is 8.02. The summed E-state index contributed by atoms with van der Waals surface area (Å²) < 4.78 is 38.6. The average molecular weight is 405 g/mol. The monoisotopic (exact) mass is 404 g/mol. The summed E-state index contributed by atoms with van der Waals surface area (Å²) in [5, 5.41) is -0.146. The highest BCUT2D eigenvalue weighted by atomic mass is 35.5. The molecule has 0 spiro atoms. The van der Waals surface area contributed by atoms with E-state index in [9.17, 15) is 18.0 Å². The van der Waals surface area contributed by atoms with Gasteiger partial charge in [0.15, 0.2) is 0 Å². The second-order valence-electron chi connectivity index (χ2n) is 6.24. The van der Waals surface area contributed by atoms with Crippen molar-refractivity contribution < 1.29 is 18.0 Å². The van der Waals surface area contributed by atoms with E-state index in [-0.39, 0.29) is 23.2 Å². The molecule has 0 saturated heterocycles. The smallest absolute Gasteiger partial charge is 0.302 e. The summed E-state index contributed by atoms with van der Waals surface area (Å²) in [6.45, 7) is 1.86. The number of carbonyl (C=O) groups excluding carboxylic acids is 1. The number of rotatable bonds is 4. The summed E-state index contributed by atoms with van der Waals surface area (Å²) in [5.74, 6) is -0.304. The Morgan fingerprint density at radius 1 is 1.07 bits per heavy atom. The molecule has 0 saturated carbocycles. The van der Waals surface area contributed by atoms with E-state index in [1.165, 1.54) is 4.90 Å². The van der Waals surface area contributed by atoms with Crippen molar-refractivity contribution in [1.29, 1.82) is 0 Å². The fourth-order valence-corrected chi connectivity index (χ4v) is 2.86. The van der Waals surface area contributed by atoms with Gasteiger partial charge < -0.3 is 4.90 Å². The normalized spacial score (nSPS) is 11.3. The number of aryl methyl sites for hydroxylation is 1. The van der Waals surface area contributed by atoms with Crippen LogP contribution in [0.15, 0.2) is 66.9 Å². The summed E-state index contributed by atoms with van der Waals surface area (Å²) in [6, 6.07) is 16.7. The lowest BCUT2D eigenvalue weighted by Gasteiger charge is -2.23. The molecule has 0 N–H and O–H groups in total. The predicted molar refractivity (Wildman–Crippen MR) is 102 cm³/mol. The van der Waals surface area contributed by atoms with E-state index in [0.717, 1.165) is 17.8 Å². The van der Waals surface area contributed by atoms with E-state index in [1.807, 2.05) is 19.1 Å². The lowest BCUT2D eigenvalue weighted by Crippen LogP contribution is -2.31. The Bertz CT molecular complexity index is 973. The molecule has 0 atom stereocenters. The summed E-state index contributed by atoms with van der Waals surface area (Å²) in [4.78, 5) is 18.3. The largest absolute Gasteiger partial charge is 0.417 e. The quantitative estimate of drug-likeness (QED) is 0.541. The molecule has 0 bridgehead atoms. The highest BCUT2D eigenvalue weighted by molar-refractivity contribution is 6.31. The van der Waals surface area contributed by atoms with Gasteiger partial charge in [0.1, 0.15) is 0 Å². The lowest BCUT2D eigenvalue weighted by molar-refractivity contribution is -0.137. The molecule has 0 fully saturated rings. The van der Waals surface area contributed by atoms with Crippen LogP contribution in [-0.4, -0.2) is 10.9 Å². The zero-order valence-corrected chi connectivity index (χ0v) is 15.6. The van der Waals surface area contributed by atoms with Crippen molar-refractivity contribution in [2.45, 2.75) is 19.6 Å². The van der Waals surface area contributed by atoms with Crippen LogP contribution in [0.5, 0.6) is 0 Å². The van der Waals surface area contributed by atoms with Gasteiger partial charge in [0, 0.05) is 17.4 Å². The van der Waals surface area contributed by atoms with E-state index in [0.29, 0.717) is 11.3 Å². The van der Waals surface area contributed by atoms with Crippen LogP contribution in [0.25, 0.3) is 0 Å². The number of halogens is 4. The summed E-state index contributed by atoms with van der Waals surface area (Å²) >= 11 is 6.04. The van der Waals surface area contributed by atoms with Crippen LogP contribution in [-0.2, 0) is 12.7 Å². The first-order valence-corrected chi connectivity index (χ1v) is 8.78. The minimum atomic E-state index is -4.54. The highest BCUT2D eigenvalue weighted by Gasteiger charge is 2.32. The first-order chi connectivity index (χ1) is 13.3. The van der Waals surface area contributed by atoms with Gasteiger partial charge in [-0.25, -0.2) is 0 Å². The van der Waals surface area contributed by atoms with Gasteiger partial charge in [0.25, 0.3) is 5.91 Å². The Morgan fingerprint density at radius 2 is 1.71 bits per heavy atom. The molecule has 144 valence electrons. The molecule has 1 aromatic heterocycles. The van der Waals surface area contributed by atoms with Gasteiger partial charge in [-0.2, -0.15) is 13.2 Å². The topological polar surface area (TPSA) is 33.2 Å². The number of nitrogens with zero attached hydrogens (tertiary/aromatic N) is 2. The van der Waals surface area contributed by atoms with E-state index in [2.05, 4.69) is 4.98 Å². The maximum absolute atomic E-state index is 13.0. The molecule has 1 heterocycles. The van der Waals surface area contributed by atoms with Crippen LogP contribution >= 0.6 is 11.6 Å². The third-order valence-corrected chi connectivity index (χ3v) is 4.49. The Morgan fingerprint density at radius 3 is 2.29 bits per heavy atom. The number of amides is 1. The first kappa shape index (κ1) is 19.9. The molecule has 1 amide bonds. The summed E-state index contributed by atoms with van der Waals surface area (Å²) in [6.07, 6.45) is -3.81. The molecule has 7 heteroatoms. The third kappa shape index (κ3) is 4.51. The van der Waals surface area contributed by atoms with Crippen molar-refractivity contribution in [2.24, 2.45) is 0 Å². The van der Waals surface area contributed by atoms with Gasteiger partial charge in [-0.1, -0.05) is 47.5 Å². The summed E-state index contributed by atoms with van der Waals surface area (Å²) in [7, 11) is 0. The minimum Gasteiger partial charge on any atom is -0.302 e. The van der Waals surface area contributed by atoms with Gasteiger partial charge in [-0.05, 0) is 37.3 Å². The van der Waals surface area contributed by atoms with Gasteiger partial charge in [-0.15, -0.1) is 0 Å². The maximum atomic E-state index is 13.0. The molecule has 3 nitrogen and oxygen atoms in total. The van der Waals surface area contributed by atoms with Crippen LogP contribution in [0.4, 0.5) is 18.9 Å². The number of hydrogen-bond donors (Lipinski definition) is 0. The van der Waals surface area contributed by atoms with E-state index in [1.54, 1.807) is 42.5 Å². The standard InChI is InChI=1S/C21H16ClF3N2O/c1-14-7-9-17(10-8-14)27(20(28)15-5-3-2-4-6-15)13-19-18(22)11-16(12-26-19)21(23,24)25/h2-12H,13H2,1H3. The van der Waals surface area contributed by atoms with Crippen LogP contribution in [0.1, 0.15) is 27.2 Å². The SMILES string of the molecule is Cc1ccc(N(Cc2ncc(C(F)(F)F)cc2Cl)C(=O)c2ccccc2)cc1. The first-order valence-electron chi connectivity index (χ1n) is 8.41. The Balaban J connectivity index is 1.98. The zero-order chi connectivity index (χ0) is 20.3. The molecule has 0 unspecified atom stereocenters. The average Bonchev–Trinajstić information content (AvgIpc) is 2.67. The van der Waals surface area contributed by atoms with E-state index >= 15 is 0 Å². The van der Waals surface area contributed by atoms with Crippen LogP contribution in [0.3, 0.4) is 0 Å². The van der Waals surface area contributed by atoms with Crippen molar-refractivity contribution in [3.63, 3.8) is 0 Å². The van der Waals surface area contributed by atoms with Crippen molar-refractivity contribution >= 4 is 23.2 Å². The van der Waals surface area contributed by atoms with Gasteiger partial charge in [-0.3, -0.25) is 9.78 Å². The van der Waals surface area contributed by atoms with E-state index in [4.69, 9.17) is 11.6 Å². The number of aromatic nitrogens is 1. The second-order valence-corrected chi connectivity index (χ2v) is 6.65. The highest BCUT2D eigenvalue weighted by Crippen LogP contribution is 2.32. The predicted octanol–water partition coefficient (Wildman–Crippen LogP) is 5.91. The molecule has 0 aliphatic heterocycles. The van der Waals surface area contributed by atoms with E-state index < -0.39 is 11.7 Å². The fourth-order valence-electron chi connectivity index (χ4n) is 2.63. The van der Waals surface area contributed by atoms with Crippen molar-refractivity contribution in [2.75, 3.05) is 4.90 Å². The number of benzene rings is 2. The summed E-state index contributed by atoms with van der Waals surface area (Å²) in [5.41, 5.74) is 1.31. The Hall–Kier alpha value is -2.86. The molecular weight excluding hydrogens is 389 g/mol. The Kier molecular flexibility index (Phi) is 5.70. The van der Waals surface area contributed by atoms with Crippen molar-refractivity contribution in [3.05, 3.63) is 94.3 Å². The molecule has 0 aliphatic carbocycles. The number of pyridine rings is 1. The number of anilines is 1. The van der Waals surface area contributed by atoms with Crippen LogP contribution in [0, 0.1) is 6.92 Å². The van der Waals surface area contributed by atoms with Gasteiger partial charge in [0.05, 0.1) is 22.8 Å². The molecule has 0 aliphatic rings. The number of carbonyl (C=O) groups is 1. The van der Waals surface area contributed by atoms with Gasteiger partial charge in [0.2, 0.25) is 0 Å². The maximum Gasteiger partial charge on any atom is 0.417 e. The fraction of sp³-hybridized carbons (Fsp3) is 0.143. The molecule has 28 heavy (non-hydrogen) atoms. The third-order valence-electron chi connectivity index (χ3n) is 4.16. The molecular formula is C21H16ClF3N2O. The van der Waals surface area contributed by atoms with Crippen molar-refractivity contribution in [3.8, 4) is 0 Å². The molecule has 2 aromatic carbocycles. The van der Waals surface area contributed by atoms with Crippen molar-refractivity contribution in [1.82, 2.24) is 4.98 Å². The van der Waals surface area contributed by atoms with Crippen LogP contribution in [0.2, 0.25) is 5.02 Å². The zero-order valence-electron chi connectivity index (χ0n) is 14.9. The van der Waals surface area contributed by atoms with Crippen LogP contribution < -0.4 is 4.90 Å². The Labute approximate surface area is 165 Å². The molecule has 3 aromatic rings.